The van der Waals surface area contributed by atoms with E-state index in [1.807, 2.05) is 62.4 Å². The first kappa shape index (κ1) is 13.1. The zero-order chi connectivity index (χ0) is 13.0. The van der Waals surface area contributed by atoms with Gasteiger partial charge < -0.3 is 0 Å². The average Bonchev–Trinajstić information content (AvgIpc) is 2.39. The monoisotopic (exact) mass is 304 g/mol. The fourth-order valence-electron chi connectivity index (χ4n) is 1.77. The van der Waals surface area contributed by atoms with Crippen molar-refractivity contribution < 1.29 is 4.79 Å². The van der Waals surface area contributed by atoms with Crippen LogP contribution in [-0.2, 0) is 0 Å². The number of Topliss-reactive ketones (excluding diaryl/α,β-unsaturated/α-hetero) is 1. The zero-order valence-corrected chi connectivity index (χ0v) is 12.3. The molecule has 92 valence electrons. The number of rotatable bonds is 4. The number of ketones is 1. The number of carbonyl (C=O) groups is 1. The van der Waals surface area contributed by atoms with Crippen LogP contribution in [0, 0.1) is 0 Å². The van der Waals surface area contributed by atoms with Gasteiger partial charge in [0.05, 0.1) is 0 Å². The van der Waals surface area contributed by atoms with Gasteiger partial charge in [-0.2, -0.15) is 0 Å². The van der Waals surface area contributed by atoms with Crippen LogP contribution in [0.15, 0.2) is 60.7 Å². The third kappa shape index (κ3) is 3.10. The van der Waals surface area contributed by atoms with E-state index in [0.29, 0.717) is 0 Å². The second-order valence-corrected chi connectivity index (χ2v) is 8.18. The van der Waals surface area contributed by atoms with Crippen LogP contribution in [-0.4, -0.2) is 20.7 Å². The Morgan fingerprint density at radius 3 is 1.94 bits per heavy atom. The van der Waals surface area contributed by atoms with Crippen molar-refractivity contribution in [2.45, 2.75) is 18.2 Å². The molecule has 0 fully saturated rings. The third-order valence-electron chi connectivity index (χ3n) is 2.70. The van der Waals surface area contributed by atoms with Gasteiger partial charge in [-0.05, 0) is 0 Å². The Hall–Kier alpha value is -1.37. The van der Waals surface area contributed by atoms with Gasteiger partial charge in [0, 0.05) is 0 Å². The molecule has 0 unspecified atom stereocenters. The van der Waals surface area contributed by atoms with E-state index in [0.717, 1.165) is 5.56 Å². The van der Waals surface area contributed by atoms with Crippen molar-refractivity contribution in [2.24, 2.45) is 0 Å². The Balaban J connectivity index is 2.19. The van der Waals surface area contributed by atoms with Crippen molar-refractivity contribution in [3.05, 3.63) is 66.2 Å². The summed E-state index contributed by atoms with van der Waals surface area (Å²) < 4.78 is 0.953. The average molecular weight is 303 g/mol. The molecule has 0 amide bonds. The Morgan fingerprint density at radius 2 is 1.39 bits per heavy atom. The van der Waals surface area contributed by atoms with Gasteiger partial charge in [0.2, 0.25) is 0 Å². The second-order valence-electron chi connectivity index (χ2n) is 4.62. The first-order valence-electron chi connectivity index (χ1n) is 5.93. The molecule has 0 spiro atoms. The zero-order valence-electron chi connectivity index (χ0n) is 10.6. The van der Waals surface area contributed by atoms with Crippen molar-refractivity contribution in [2.75, 3.05) is 0 Å². The van der Waals surface area contributed by atoms with Gasteiger partial charge in [-0.1, -0.05) is 0 Å². The van der Waals surface area contributed by atoms with Crippen LogP contribution in [0.1, 0.15) is 24.2 Å². The van der Waals surface area contributed by atoms with E-state index in [4.69, 9.17) is 0 Å². The molecule has 0 N–H and O–H groups in total. The topological polar surface area (TPSA) is 17.1 Å². The molecular weight excluding hydrogens is 287 g/mol. The molecule has 0 bridgehead atoms. The van der Waals surface area contributed by atoms with Crippen LogP contribution in [0.4, 0.5) is 0 Å². The molecule has 0 saturated heterocycles. The summed E-state index contributed by atoms with van der Waals surface area (Å²) in [5, 5.41) is 0. The van der Waals surface area contributed by atoms with Crippen LogP contribution in [0.3, 0.4) is 0 Å². The molecule has 0 atom stereocenters. The maximum absolute atomic E-state index is 12.5. The maximum atomic E-state index is 12.5. The third-order valence-corrected chi connectivity index (χ3v) is 5.22. The molecule has 0 aliphatic rings. The Kier molecular flexibility index (Phi) is 4.00. The minimum absolute atomic E-state index is 0.140. The molecule has 0 aliphatic carbocycles. The molecule has 2 rings (SSSR count). The van der Waals surface area contributed by atoms with E-state index in [1.165, 1.54) is 4.46 Å². The fourth-order valence-corrected chi connectivity index (χ4v) is 4.06. The van der Waals surface area contributed by atoms with E-state index >= 15 is 0 Å². The van der Waals surface area contributed by atoms with Gasteiger partial charge in [-0.3, -0.25) is 0 Å². The Morgan fingerprint density at radius 1 is 0.889 bits per heavy atom. The molecule has 1 nitrogen and oxygen atoms in total. The molecule has 0 saturated carbocycles. The summed E-state index contributed by atoms with van der Waals surface area (Å²) >= 11 is 0.140. The Bertz CT molecular complexity index is 517. The fraction of sp³-hybridized carbons (Fsp3) is 0.188. The molecule has 2 aromatic rings. The van der Waals surface area contributed by atoms with E-state index < -0.39 is 0 Å². The van der Waals surface area contributed by atoms with E-state index in [9.17, 15) is 4.79 Å². The van der Waals surface area contributed by atoms with Crippen LogP contribution >= 0.6 is 0 Å². The Labute approximate surface area is 114 Å². The predicted molar refractivity (Wildman–Crippen MR) is 76.6 cm³/mol. The van der Waals surface area contributed by atoms with Crippen molar-refractivity contribution in [1.29, 1.82) is 0 Å². The summed E-state index contributed by atoms with van der Waals surface area (Å²) in [6.45, 7) is 4.07. The van der Waals surface area contributed by atoms with Gasteiger partial charge in [0.1, 0.15) is 0 Å². The summed E-state index contributed by atoms with van der Waals surface area (Å²) in [5.41, 5.74) is 0.806. The quantitative estimate of drug-likeness (QED) is 0.626. The van der Waals surface area contributed by atoms with Crippen LogP contribution in [0.5, 0.6) is 0 Å². The summed E-state index contributed by atoms with van der Waals surface area (Å²) in [6, 6.07) is 19.8. The van der Waals surface area contributed by atoms with E-state index in [1.54, 1.807) is 0 Å². The molecule has 18 heavy (non-hydrogen) atoms. The number of hydrogen-bond donors (Lipinski definition) is 0. The number of hydrogen-bond acceptors (Lipinski definition) is 1. The molecular formula is C16H16OSe. The minimum atomic E-state index is -0.310. The summed E-state index contributed by atoms with van der Waals surface area (Å²) in [6.07, 6.45) is 0. The van der Waals surface area contributed by atoms with Crippen LogP contribution in [0.2, 0.25) is 4.31 Å². The van der Waals surface area contributed by atoms with E-state index in [2.05, 4.69) is 12.1 Å². The second kappa shape index (κ2) is 5.51. The standard InChI is InChI=1S/C16H16OSe/c1-16(2,18-14-11-7-4-8-12-14)15(17)13-9-5-3-6-10-13/h3-12H,1-2H3. The van der Waals surface area contributed by atoms with E-state index in [-0.39, 0.29) is 25.1 Å². The number of carbonyl (C=O) groups excluding carboxylic acids is 1. The van der Waals surface area contributed by atoms with Crippen LogP contribution in [0.25, 0.3) is 0 Å². The van der Waals surface area contributed by atoms with Crippen LogP contribution < -0.4 is 4.46 Å². The first-order chi connectivity index (χ1) is 8.59. The SMILES string of the molecule is CC(C)([Se]c1ccccc1)C(=O)c1ccccc1. The van der Waals surface area contributed by atoms with Gasteiger partial charge in [0.15, 0.2) is 0 Å². The molecule has 0 radical (unpaired) electrons. The van der Waals surface area contributed by atoms with Gasteiger partial charge in [-0.25, -0.2) is 0 Å². The summed E-state index contributed by atoms with van der Waals surface area (Å²) in [7, 11) is 0. The normalized spacial score (nSPS) is 11.2. The molecule has 2 aromatic carbocycles. The van der Waals surface area contributed by atoms with Gasteiger partial charge in [0.25, 0.3) is 0 Å². The van der Waals surface area contributed by atoms with Crippen molar-refractivity contribution in [1.82, 2.24) is 0 Å². The van der Waals surface area contributed by atoms with Crippen molar-refractivity contribution in [3.8, 4) is 0 Å². The molecule has 0 aliphatic heterocycles. The van der Waals surface area contributed by atoms with Gasteiger partial charge in [-0.15, -0.1) is 0 Å². The molecule has 2 heteroatoms. The predicted octanol–water partition coefficient (Wildman–Crippen LogP) is 3.10. The first-order valence-corrected chi connectivity index (χ1v) is 7.65. The summed E-state index contributed by atoms with van der Waals surface area (Å²) in [5.74, 6) is 0.229. The summed E-state index contributed by atoms with van der Waals surface area (Å²) in [4.78, 5) is 12.5. The molecule has 0 heterocycles. The van der Waals surface area contributed by atoms with Crippen molar-refractivity contribution in [3.63, 3.8) is 0 Å². The van der Waals surface area contributed by atoms with Gasteiger partial charge >= 0.3 is 114 Å². The molecule has 0 aromatic heterocycles. The number of benzene rings is 2. The van der Waals surface area contributed by atoms with Crippen molar-refractivity contribution >= 4 is 25.2 Å².